The zero-order valence-electron chi connectivity index (χ0n) is 8.35. The first-order valence-corrected chi connectivity index (χ1v) is 4.85. The summed E-state index contributed by atoms with van der Waals surface area (Å²) in [5.74, 6) is 0. The summed E-state index contributed by atoms with van der Waals surface area (Å²) >= 11 is 0. The highest BCUT2D eigenvalue weighted by molar-refractivity contribution is 5.16. The molecule has 0 saturated heterocycles. The van der Waals surface area contributed by atoms with Crippen LogP contribution in [0.4, 0.5) is 13.2 Å². The number of unbranched alkanes of at least 4 members (excludes halogenated alkanes) is 2. The van der Waals surface area contributed by atoms with Crippen LogP contribution in [0.15, 0.2) is 18.3 Å². The third-order valence-electron chi connectivity index (χ3n) is 2.08. The molecule has 83 valence electrons. The molecule has 0 spiro atoms. The second kappa shape index (κ2) is 5.14. The molecule has 1 rings (SSSR count). The van der Waals surface area contributed by atoms with Gasteiger partial charge in [0, 0.05) is 11.9 Å². The normalized spacial score (nSPS) is 11.7. The average molecular weight is 216 g/mol. The first-order valence-electron chi connectivity index (χ1n) is 4.85. The van der Waals surface area contributed by atoms with Crippen LogP contribution < -0.4 is 0 Å². The van der Waals surface area contributed by atoms with Gasteiger partial charge in [0.15, 0.2) is 0 Å². The molecular formula is C11H13F3N. The van der Waals surface area contributed by atoms with Crippen molar-refractivity contribution in [1.82, 2.24) is 4.98 Å². The van der Waals surface area contributed by atoms with E-state index in [1.165, 1.54) is 6.07 Å². The van der Waals surface area contributed by atoms with Gasteiger partial charge in [-0.25, -0.2) is 0 Å². The lowest BCUT2D eigenvalue weighted by atomic mass is 10.1. The van der Waals surface area contributed by atoms with Crippen LogP contribution in [0, 0.1) is 6.92 Å². The Balaban J connectivity index is 2.57. The van der Waals surface area contributed by atoms with E-state index in [1.807, 2.05) is 0 Å². The SMILES string of the molecule is [CH2]CCCCc1ccc(C(F)(F)F)cn1. The lowest BCUT2D eigenvalue weighted by Gasteiger charge is -2.06. The molecule has 0 aliphatic rings. The summed E-state index contributed by atoms with van der Waals surface area (Å²) in [6.07, 6.45) is 0.0528. The minimum absolute atomic E-state index is 0.691. The van der Waals surface area contributed by atoms with Crippen molar-refractivity contribution < 1.29 is 13.2 Å². The van der Waals surface area contributed by atoms with E-state index in [9.17, 15) is 13.2 Å². The summed E-state index contributed by atoms with van der Waals surface area (Å²) in [7, 11) is 0. The molecule has 0 aromatic carbocycles. The topological polar surface area (TPSA) is 12.9 Å². The summed E-state index contributed by atoms with van der Waals surface area (Å²) in [6.45, 7) is 3.69. The molecule has 0 fully saturated rings. The Bertz CT molecular complexity index is 290. The molecular weight excluding hydrogens is 203 g/mol. The molecule has 0 aliphatic heterocycles. The van der Waals surface area contributed by atoms with E-state index in [4.69, 9.17) is 0 Å². The fraction of sp³-hybridized carbons (Fsp3) is 0.455. The molecule has 0 aliphatic carbocycles. The second-order valence-electron chi connectivity index (χ2n) is 3.35. The molecule has 0 atom stereocenters. The van der Waals surface area contributed by atoms with Crippen molar-refractivity contribution in [3.63, 3.8) is 0 Å². The van der Waals surface area contributed by atoms with Crippen molar-refractivity contribution in [2.45, 2.75) is 31.9 Å². The Kier molecular flexibility index (Phi) is 4.12. The molecule has 4 heteroatoms. The van der Waals surface area contributed by atoms with Crippen LogP contribution in [-0.2, 0) is 12.6 Å². The van der Waals surface area contributed by atoms with Gasteiger partial charge in [-0.15, -0.1) is 0 Å². The third kappa shape index (κ3) is 3.90. The van der Waals surface area contributed by atoms with Crippen molar-refractivity contribution in [2.24, 2.45) is 0 Å². The van der Waals surface area contributed by atoms with Crippen LogP contribution in [0.25, 0.3) is 0 Å². The standard InChI is InChI=1S/C11H13F3N/c1-2-3-4-5-10-7-6-9(8-15-10)11(12,13)14/h6-8H,1-5H2. The maximum absolute atomic E-state index is 12.2. The Labute approximate surface area is 87.3 Å². The highest BCUT2D eigenvalue weighted by Crippen LogP contribution is 2.28. The van der Waals surface area contributed by atoms with Gasteiger partial charge in [0.25, 0.3) is 0 Å². The van der Waals surface area contributed by atoms with Crippen LogP contribution in [0.2, 0.25) is 0 Å². The van der Waals surface area contributed by atoms with Gasteiger partial charge in [0.2, 0.25) is 0 Å². The lowest BCUT2D eigenvalue weighted by Crippen LogP contribution is -2.05. The quantitative estimate of drug-likeness (QED) is 0.700. The molecule has 1 heterocycles. The molecule has 0 N–H and O–H groups in total. The van der Waals surface area contributed by atoms with Crippen LogP contribution in [0.5, 0.6) is 0 Å². The molecule has 1 radical (unpaired) electrons. The van der Waals surface area contributed by atoms with Gasteiger partial charge in [-0.3, -0.25) is 4.98 Å². The van der Waals surface area contributed by atoms with Gasteiger partial charge < -0.3 is 0 Å². The largest absolute Gasteiger partial charge is 0.417 e. The minimum atomic E-state index is -4.29. The van der Waals surface area contributed by atoms with E-state index in [0.717, 1.165) is 31.5 Å². The van der Waals surface area contributed by atoms with Crippen molar-refractivity contribution in [1.29, 1.82) is 0 Å². The number of rotatable bonds is 4. The lowest BCUT2D eigenvalue weighted by molar-refractivity contribution is -0.137. The molecule has 15 heavy (non-hydrogen) atoms. The predicted octanol–water partition coefficient (Wildman–Crippen LogP) is 3.65. The van der Waals surface area contributed by atoms with E-state index in [0.29, 0.717) is 12.1 Å². The zero-order valence-corrected chi connectivity index (χ0v) is 8.35. The monoisotopic (exact) mass is 216 g/mol. The van der Waals surface area contributed by atoms with E-state index in [2.05, 4.69) is 11.9 Å². The van der Waals surface area contributed by atoms with Gasteiger partial charge >= 0.3 is 6.18 Å². The van der Waals surface area contributed by atoms with Gasteiger partial charge in [-0.05, 0) is 25.0 Å². The van der Waals surface area contributed by atoms with Crippen LogP contribution in [0.1, 0.15) is 30.5 Å². The smallest absolute Gasteiger partial charge is 0.261 e. The maximum atomic E-state index is 12.2. The maximum Gasteiger partial charge on any atom is 0.417 e. The highest BCUT2D eigenvalue weighted by Gasteiger charge is 2.30. The highest BCUT2D eigenvalue weighted by atomic mass is 19.4. The van der Waals surface area contributed by atoms with Crippen LogP contribution in [-0.4, -0.2) is 4.98 Å². The van der Waals surface area contributed by atoms with Gasteiger partial charge in [0.1, 0.15) is 0 Å². The Hall–Kier alpha value is -1.06. The summed E-state index contributed by atoms with van der Waals surface area (Å²) in [5, 5.41) is 0. The Morgan fingerprint density at radius 1 is 1.20 bits per heavy atom. The van der Waals surface area contributed by atoms with Gasteiger partial charge in [-0.1, -0.05) is 19.8 Å². The predicted molar refractivity (Wildman–Crippen MR) is 52.2 cm³/mol. The van der Waals surface area contributed by atoms with Crippen molar-refractivity contribution in [2.75, 3.05) is 0 Å². The number of pyridine rings is 1. The second-order valence-corrected chi connectivity index (χ2v) is 3.35. The van der Waals surface area contributed by atoms with Gasteiger partial charge in [0.05, 0.1) is 5.56 Å². The first-order chi connectivity index (χ1) is 7.04. The number of hydrogen-bond acceptors (Lipinski definition) is 1. The summed E-state index contributed by atoms with van der Waals surface area (Å²) in [5.41, 5.74) is 0.0138. The summed E-state index contributed by atoms with van der Waals surface area (Å²) in [4.78, 5) is 3.78. The molecule has 0 bridgehead atoms. The zero-order chi connectivity index (χ0) is 11.3. The third-order valence-corrected chi connectivity index (χ3v) is 2.08. The summed E-state index contributed by atoms with van der Waals surface area (Å²) in [6, 6.07) is 2.51. The molecule has 1 aromatic rings. The minimum Gasteiger partial charge on any atom is -0.261 e. The van der Waals surface area contributed by atoms with Crippen LogP contribution in [0.3, 0.4) is 0 Å². The fourth-order valence-corrected chi connectivity index (χ4v) is 1.22. The van der Waals surface area contributed by atoms with Crippen molar-refractivity contribution in [3.05, 3.63) is 36.5 Å². The van der Waals surface area contributed by atoms with Crippen LogP contribution >= 0.6 is 0 Å². The summed E-state index contributed by atoms with van der Waals surface area (Å²) < 4.78 is 36.5. The van der Waals surface area contributed by atoms with Gasteiger partial charge in [-0.2, -0.15) is 13.2 Å². The van der Waals surface area contributed by atoms with E-state index in [1.54, 1.807) is 0 Å². The van der Waals surface area contributed by atoms with Crippen molar-refractivity contribution in [3.8, 4) is 0 Å². The molecule has 1 aromatic heterocycles. The molecule has 0 amide bonds. The Morgan fingerprint density at radius 3 is 2.40 bits per heavy atom. The fourth-order valence-electron chi connectivity index (χ4n) is 1.22. The van der Waals surface area contributed by atoms with E-state index < -0.39 is 11.7 Å². The number of aryl methyl sites for hydroxylation is 1. The molecule has 0 saturated carbocycles. The number of aromatic nitrogens is 1. The first kappa shape index (κ1) is 12.0. The Morgan fingerprint density at radius 2 is 1.93 bits per heavy atom. The number of alkyl halides is 3. The molecule has 0 unspecified atom stereocenters. The number of hydrogen-bond donors (Lipinski definition) is 0. The number of nitrogens with zero attached hydrogens (tertiary/aromatic N) is 1. The van der Waals surface area contributed by atoms with E-state index >= 15 is 0 Å². The average Bonchev–Trinajstić information content (AvgIpc) is 2.18. The number of halogens is 3. The van der Waals surface area contributed by atoms with Crippen molar-refractivity contribution >= 4 is 0 Å². The van der Waals surface area contributed by atoms with E-state index in [-0.39, 0.29) is 0 Å². The molecule has 1 nitrogen and oxygen atoms in total.